The van der Waals surface area contributed by atoms with Crippen molar-refractivity contribution in [3.8, 4) is 0 Å². The summed E-state index contributed by atoms with van der Waals surface area (Å²) < 4.78 is 0. The normalized spacial score (nSPS) is 25.2. The monoisotopic (exact) mass is 264 g/mol. The SMILES string of the molecule is C=C[C@@H](C)NC(=O)[C@@H]1CCC[C@H]1C(=O)N[C@@H](C)C=C. The lowest BCUT2D eigenvalue weighted by atomic mass is 9.93. The van der Waals surface area contributed by atoms with Gasteiger partial charge in [-0.25, -0.2) is 0 Å². The first-order valence-electron chi connectivity index (χ1n) is 6.85. The number of nitrogens with one attached hydrogen (secondary N) is 2. The molecule has 1 rings (SSSR count). The van der Waals surface area contributed by atoms with E-state index < -0.39 is 0 Å². The standard InChI is InChI=1S/C15H24N2O2/c1-5-10(3)16-14(18)12-8-7-9-13(12)15(19)17-11(4)6-2/h5-6,10-13H,1-2,7-9H2,3-4H3,(H,16,18)(H,17,19)/t10-,11+,12-,13-/m1/s1. The number of carbonyl (C=O) groups excluding carboxylic acids is 2. The lowest BCUT2D eigenvalue weighted by Gasteiger charge is -2.21. The molecule has 4 atom stereocenters. The second-order valence-corrected chi connectivity index (χ2v) is 5.21. The molecule has 0 unspecified atom stereocenters. The van der Waals surface area contributed by atoms with Crippen LogP contribution in [0.15, 0.2) is 25.3 Å². The average molecular weight is 264 g/mol. The summed E-state index contributed by atoms with van der Waals surface area (Å²) in [6, 6.07) is -0.132. The molecule has 0 radical (unpaired) electrons. The summed E-state index contributed by atoms with van der Waals surface area (Å²) in [5, 5.41) is 5.73. The molecular weight excluding hydrogens is 240 g/mol. The smallest absolute Gasteiger partial charge is 0.224 e. The summed E-state index contributed by atoms with van der Waals surface area (Å²) in [7, 11) is 0. The van der Waals surface area contributed by atoms with Gasteiger partial charge in [-0.3, -0.25) is 9.59 Å². The molecule has 0 aromatic heterocycles. The third-order valence-corrected chi connectivity index (χ3v) is 3.64. The molecule has 0 aliphatic heterocycles. The van der Waals surface area contributed by atoms with Crippen molar-refractivity contribution in [2.45, 2.75) is 45.2 Å². The summed E-state index contributed by atoms with van der Waals surface area (Å²) >= 11 is 0. The Morgan fingerprint density at radius 2 is 1.37 bits per heavy atom. The molecule has 19 heavy (non-hydrogen) atoms. The molecule has 2 amide bonds. The van der Waals surface area contributed by atoms with Gasteiger partial charge in [0.2, 0.25) is 11.8 Å². The first-order valence-corrected chi connectivity index (χ1v) is 6.85. The number of carbonyl (C=O) groups is 2. The van der Waals surface area contributed by atoms with Gasteiger partial charge in [0.15, 0.2) is 0 Å². The fraction of sp³-hybridized carbons (Fsp3) is 0.600. The minimum Gasteiger partial charge on any atom is -0.350 e. The zero-order chi connectivity index (χ0) is 14.4. The van der Waals surface area contributed by atoms with Gasteiger partial charge in [0.1, 0.15) is 0 Å². The molecule has 0 aromatic carbocycles. The van der Waals surface area contributed by atoms with Crippen LogP contribution in [0.3, 0.4) is 0 Å². The first kappa shape index (κ1) is 15.5. The minimum absolute atomic E-state index is 0.0451. The van der Waals surface area contributed by atoms with Gasteiger partial charge in [-0.1, -0.05) is 18.6 Å². The van der Waals surface area contributed by atoms with Gasteiger partial charge < -0.3 is 10.6 Å². The Labute approximate surface area is 115 Å². The summed E-state index contributed by atoms with van der Waals surface area (Å²) in [6.07, 6.45) is 5.83. The summed E-state index contributed by atoms with van der Waals surface area (Å²) in [6.45, 7) is 11.0. The Hall–Kier alpha value is -1.58. The predicted octanol–water partition coefficient (Wildman–Crippen LogP) is 1.78. The maximum absolute atomic E-state index is 12.1. The highest BCUT2D eigenvalue weighted by atomic mass is 16.2. The van der Waals surface area contributed by atoms with E-state index in [0.29, 0.717) is 0 Å². The zero-order valence-corrected chi connectivity index (χ0v) is 11.8. The van der Waals surface area contributed by atoms with Crippen molar-refractivity contribution in [3.63, 3.8) is 0 Å². The molecule has 0 bridgehead atoms. The highest BCUT2D eigenvalue weighted by molar-refractivity contribution is 5.88. The molecule has 0 heterocycles. The predicted molar refractivity (Wildman–Crippen MR) is 76.4 cm³/mol. The molecule has 0 aromatic rings. The lowest BCUT2D eigenvalue weighted by molar-refractivity contribution is -0.134. The maximum Gasteiger partial charge on any atom is 0.224 e. The van der Waals surface area contributed by atoms with E-state index in [1.807, 2.05) is 13.8 Å². The fourth-order valence-electron chi connectivity index (χ4n) is 2.37. The van der Waals surface area contributed by atoms with Crippen LogP contribution in [-0.4, -0.2) is 23.9 Å². The van der Waals surface area contributed by atoms with E-state index in [1.165, 1.54) is 0 Å². The van der Waals surface area contributed by atoms with Crippen molar-refractivity contribution in [1.82, 2.24) is 10.6 Å². The largest absolute Gasteiger partial charge is 0.350 e. The number of amides is 2. The molecule has 1 aliphatic rings. The van der Waals surface area contributed by atoms with Crippen molar-refractivity contribution in [2.75, 3.05) is 0 Å². The van der Waals surface area contributed by atoms with Crippen LogP contribution in [0.1, 0.15) is 33.1 Å². The molecule has 1 fully saturated rings. The highest BCUT2D eigenvalue weighted by Gasteiger charge is 2.37. The molecule has 4 nitrogen and oxygen atoms in total. The zero-order valence-electron chi connectivity index (χ0n) is 11.8. The maximum atomic E-state index is 12.1. The van der Waals surface area contributed by atoms with Crippen LogP contribution < -0.4 is 10.6 Å². The summed E-state index contributed by atoms with van der Waals surface area (Å²) in [4.78, 5) is 24.3. The van der Waals surface area contributed by atoms with E-state index in [1.54, 1.807) is 12.2 Å². The topological polar surface area (TPSA) is 58.2 Å². The van der Waals surface area contributed by atoms with Gasteiger partial charge in [0.25, 0.3) is 0 Å². The molecule has 1 aliphatic carbocycles. The first-order chi connectivity index (χ1) is 8.99. The van der Waals surface area contributed by atoms with E-state index >= 15 is 0 Å². The molecule has 4 heteroatoms. The molecule has 0 spiro atoms. The third kappa shape index (κ3) is 4.23. The van der Waals surface area contributed by atoms with E-state index in [4.69, 9.17) is 0 Å². The van der Waals surface area contributed by atoms with Crippen LogP contribution in [0.5, 0.6) is 0 Å². The highest BCUT2D eigenvalue weighted by Crippen LogP contribution is 2.32. The van der Waals surface area contributed by atoms with Crippen LogP contribution >= 0.6 is 0 Å². The van der Waals surface area contributed by atoms with Gasteiger partial charge in [-0.2, -0.15) is 0 Å². The minimum atomic E-state index is -0.223. The molecule has 2 N–H and O–H groups in total. The second kappa shape index (κ2) is 7.12. The number of hydrogen-bond donors (Lipinski definition) is 2. The number of rotatable bonds is 6. The van der Waals surface area contributed by atoms with Crippen molar-refractivity contribution < 1.29 is 9.59 Å². The van der Waals surface area contributed by atoms with E-state index in [-0.39, 0.29) is 35.7 Å². The van der Waals surface area contributed by atoms with Crippen LogP contribution in [0.25, 0.3) is 0 Å². The molecular formula is C15H24N2O2. The van der Waals surface area contributed by atoms with Crippen molar-refractivity contribution in [3.05, 3.63) is 25.3 Å². The third-order valence-electron chi connectivity index (χ3n) is 3.64. The van der Waals surface area contributed by atoms with Gasteiger partial charge in [0, 0.05) is 23.9 Å². The van der Waals surface area contributed by atoms with E-state index in [9.17, 15) is 9.59 Å². The molecule has 1 saturated carbocycles. The van der Waals surface area contributed by atoms with Crippen LogP contribution in [0.2, 0.25) is 0 Å². The van der Waals surface area contributed by atoms with Gasteiger partial charge >= 0.3 is 0 Å². The van der Waals surface area contributed by atoms with Crippen LogP contribution in [0, 0.1) is 11.8 Å². The van der Waals surface area contributed by atoms with E-state index in [0.717, 1.165) is 19.3 Å². The summed E-state index contributed by atoms with van der Waals surface area (Å²) in [5.74, 6) is -0.536. The Morgan fingerprint density at radius 3 is 1.68 bits per heavy atom. The fourth-order valence-corrected chi connectivity index (χ4v) is 2.37. The molecule has 0 saturated heterocycles. The van der Waals surface area contributed by atoms with E-state index in [2.05, 4.69) is 23.8 Å². The lowest BCUT2D eigenvalue weighted by Crippen LogP contribution is -2.43. The summed E-state index contributed by atoms with van der Waals surface area (Å²) in [5.41, 5.74) is 0. The quantitative estimate of drug-likeness (QED) is 0.719. The van der Waals surface area contributed by atoms with Crippen LogP contribution in [-0.2, 0) is 9.59 Å². The van der Waals surface area contributed by atoms with Gasteiger partial charge in [0.05, 0.1) is 0 Å². The van der Waals surface area contributed by atoms with Gasteiger partial charge in [-0.15, -0.1) is 13.2 Å². The van der Waals surface area contributed by atoms with Crippen molar-refractivity contribution in [1.29, 1.82) is 0 Å². The number of hydrogen-bond acceptors (Lipinski definition) is 2. The van der Waals surface area contributed by atoms with Gasteiger partial charge in [-0.05, 0) is 26.7 Å². The Bertz CT molecular complexity index is 331. The molecule has 106 valence electrons. The van der Waals surface area contributed by atoms with Crippen molar-refractivity contribution in [2.24, 2.45) is 11.8 Å². The average Bonchev–Trinajstić information content (AvgIpc) is 2.87. The van der Waals surface area contributed by atoms with Crippen molar-refractivity contribution >= 4 is 11.8 Å². The Balaban J connectivity index is 2.62. The second-order valence-electron chi connectivity index (χ2n) is 5.21. The Morgan fingerprint density at radius 1 is 1.00 bits per heavy atom. The Kier molecular flexibility index (Phi) is 5.80. The van der Waals surface area contributed by atoms with Crippen LogP contribution in [0.4, 0.5) is 0 Å².